The van der Waals surface area contributed by atoms with E-state index in [0.717, 1.165) is 5.56 Å². The van der Waals surface area contributed by atoms with Gasteiger partial charge in [-0.15, -0.1) is 0 Å². The summed E-state index contributed by atoms with van der Waals surface area (Å²) in [6.07, 6.45) is 5.88. The first-order valence-corrected chi connectivity index (χ1v) is 4.83. The van der Waals surface area contributed by atoms with E-state index in [0.29, 0.717) is 0 Å². The van der Waals surface area contributed by atoms with E-state index in [2.05, 4.69) is 0 Å². The number of carbonyl (C=O) groups excluding carboxylic acids is 1. The van der Waals surface area contributed by atoms with E-state index in [1.165, 1.54) is 12.2 Å². The summed E-state index contributed by atoms with van der Waals surface area (Å²) < 4.78 is 0. The molecule has 0 bridgehead atoms. The summed E-state index contributed by atoms with van der Waals surface area (Å²) >= 11 is 0. The summed E-state index contributed by atoms with van der Waals surface area (Å²) in [7, 11) is 0. The number of hydrogen-bond donors (Lipinski definition) is 1. The van der Waals surface area contributed by atoms with Crippen molar-refractivity contribution in [1.29, 1.82) is 0 Å². The number of carboxylic acid groups (broad SMARTS) is 1. The minimum absolute atomic E-state index is 0.412. The normalized spacial score (nSPS) is 11.0. The Morgan fingerprint density at radius 3 is 2.44 bits per heavy atom. The van der Waals surface area contributed by atoms with E-state index in [9.17, 15) is 9.59 Å². The largest absolute Gasteiger partial charge is 0.481 e. The third-order valence-electron chi connectivity index (χ3n) is 1.81. The Labute approximate surface area is 93.7 Å². The average Bonchev–Trinajstić information content (AvgIpc) is 2.25. The Balaban J connectivity index is 2.45. The lowest BCUT2D eigenvalue weighted by atomic mass is 10.2. The zero-order valence-corrected chi connectivity index (χ0v) is 8.67. The Hall–Kier alpha value is -2.16. The fraction of sp³-hybridized carbons (Fsp3) is 0.0769. The molecule has 1 aromatic carbocycles. The number of hydrogen-bond acceptors (Lipinski definition) is 2. The van der Waals surface area contributed by atoms with Crippen LogP contribution in [-0.4, -0.2) is 16.9 Å². The molecule has 0 atom stereocenters. The van der Waals surface area contributed by atoms with E-state index >= 15 is 0 Å². The molecule has 3 heteroatoms. The van der Waals surface area contributed by atoms with Crippen molar-refractivity contribution in [2.24, 2.45) is 0 Å². The summed E-state index contributed by atoms with van der Waals surface area (Å²) in [5, 5.41) is 8.35. The molecule has 1 rings (SSSR count). The fourth-order valence-electron chi connectivity index (χ4n) is 1.10. The van der Waals surface area contributed by atoms with Crippen molar-refractivity contribution >= 4 is 17.8 Å². The van der Waals surface area contributed by atoms with Crippen LogP contribution < -0.4 is 0 Å². The Kier molecular flexibility index (Phi) is 4.73. The van der Waals surface area contributed by atoms with Gasteiger partial charge < -0.3 is 5.11 Å². The van der Waals surface area contributed by atoms with E-state index < -0.39 is 18.2 Å². The van der Waals surface area contributed by atoms with Gasteiger partial charge in [0.15, 0.2) is 5.78 Å². The molecule has 0 fully saturated rings. The van der Waals surface area contributed by atoms with Gasteiger partial charge in [0.2, 0.25) is 0 Å². The molecule has 0 aromatic heterocycles. The monoisotopic (exact) mass is 216 g/mol. The number of allylic oxidation sites excluding steroid dienone is 3. The van der Waals surface area contributed by atoms with Gasteiger partial charge in [0.25, 0.3) is 0 Å². The second kappa shape index (κ2) is 6.35. The van der Waals surface area contributed by atoms with Gasteiger partial charge in [-0.2, -0.15) is 0 Å². The Morgan fingerprint density at radius 2 is 1.81 bits per heavy atom. The first-order valence-electron chi connectivity index (χ1n) is 4.83. The van der Waals surface area contributed by atoms with Gasteiger partial charge in [0.05, 0.1) is 0 Å². The molecule has 0 unspecified atom stereocenters. The van der Waals surface area contributed by atoms with Crippen LogP contribution in [0.15, 0.2) is 48.6 Å². The summed E-state index contributed by atoms with van der Waals surface area (Å²) in [6.45, 7) is 0. The maximum atomic E-state index is 11.0. The average molecular weight is 216 g/mol. The standard InChI is InChI=1S/C13H12O3/c14-12(10-13(15)16)9-5-4-8-11-6-2-1-3-7-11/h1-9H,10H2,(H,15,16)/b8-4+,9-5+. The van der Waals surface area contributed by atoms with Crippen LogP contribution in [0.1, 0.15) is 12.0 Å². The van der Waals surface area contributed by atoms with Crippen molar-refractivity contribution in [2.75, 3.05) is 0 Å². The fourth-order valence-corrected chi connectivity index (χ4v) is 1.10. The van der Waals surface area contributed by atoms with Crippen molar-refractivity contribution in [3.63, 3.8) is 0 Å². The Morgan fingerprint density at radius 1 is 1.12 bits per heavy atom. The van der Waals surface area contributed by atoms with E-state index in [1.54, 1.807) is 6.08 Å². The topological polar surface area (TPSA) is 54.4 Å². The smallest absolute Gasteiger partial charge is 0.311 e. The molecule has 16 heavy (non-hydrogen) atoms. The maximum Gasteiger partial charge on any atom is 0.311 e. The number of rotatable bonds is 5. The molecule has 0 saturated carbocycles. The highest BCUT2D eigenvalue weighted by Gasteiger charge is 2.01. The van der Waals surface area contributed by atoms with Crippen LogP contribution >= 0.6 is 0 Å². The summed E-state index contributed by atoms with van der Waals surface area (Å²) in [4.78, 5) is 21.2. The van der Waals surface area contributed by atoms with Crippen molar-refractivity contribution in [2.45, 2.75) is 6.42 Å². The van der Waals surface area contributed by atoms with Crippen LogP contribution in [0.5, 0.6) is 0 Å². The molecule has 0 spiro atoms. The van der Waals surface area contributed by atoms with Crippen molar-refractivity contribution in [1.82, 2.24) is 0 Å². The summed E-state index contributed by atoms with van der Waals surface area (Å²) in [5.41, 5.74) is 1.03. The lowest BCUT2D eigenvalue weighted by Crippen LogP contribution is -2.02. The van der Waals surface area contributed by atoms with Gasteiger partial charge >= 0.3 is 5.97 Å². The third kappa shape index (κ3) is 4.91. The molecule has 0 heterocycles. The maximum absolute atomic E-state index is 11.0. The van der Waals surface area contributed by atoms with Crippen molar-refractivity contribution in [3.05, 3.63) is 54.1 Å². The highest BCUT2D eigenvalue weighted by molar-refractivity contribution is 6.01. The molecular formula is C13H12O3. The number of aliphatic carboxylic acids is 1. The molecule has 0 aliphatic heterocycles. The predicted octanol–water partition coefficient (Wildman–Crippen LogP) is 2.30. The SMILES string of the molecule is O=C(O)CC(=O)/C=C/C=C/c1ccccc1. The lowest BCUT2D eigenvalue weighted by Gasteiger charge is -1.89. The zero-order valence-electron chi connectivity index (χ0n) is 8.67. The molecule has 0 saturated heterocycles. The molecule has 3 nitrogen and oxygen atoms in total. The molecule has 0 amide bonds. The second-order valence-corrected chi connectivity index (χ2v) is 3.17. The first-order chi connectivity index (χ1) is 7.68. The van der Waals surface area contributed by atoms with Crippen LogP contribution in [0.2, 0.25) is 0 Å². The van der Waals surface area contributed by atoms with Crippen molar-refractivity contribution < 1.29 is 14.7 Å². The van der Waals surface area contributed by atoms with Crippen LogP contribution in [0.3, 0.4) is 0 Å². The first kappa shape index (κ1) is 11.9. The van der Waals surface area contributed by atoms with Gasteiger partial charge in [-0.25, -0.2) is 0 Å². The number of carbonyl (C=O) groups is 2. The number of benzene rings is 1. The second-order valence-electron chi connectivity index (χ2n) is 3.17. The van der Waals surface area contributed by atoms with Crippen LogP contribution in [0, 0.1) is 0 Å². The molecule has 0 radical (unpaired) electrons. The Bertz CT molecular complexity index is 416. The minimum Gasteiger partial charge on any atom is -0.481 e. The van der Waals surface area contributed by atoms with Gasteiger partial charge in [-0.1, -0.05) is 48.6 Å². The highest BCUT2D eigenvalue weighted by Crippen LogP contribution is 2.00. The van der Waals surface area contributed by atoms with Gasteiger partial charge in [0.1, 0.15) is 6.42 Å². The highest BCUT2D eigenvalue weighted by atomic mass is 16.4. The van der Waals surface area contributed by atoms with Gasteiger partial charge in [-0.05, 0) is 11.6 Å². The summed E-state index contributed by atoms with van der Waals surface area (Å²) in [6, 6.07) is 9.62. The van der Waals surface area contributed by atoms with Crippen LogP contribution in [-0.2, 0) is 9.59 Å². The molecule has 82 valence electrons. The van der Waals surface area contributed by atoms with Crippen molar-refractivity contribution in [3.8, 4) is 0 Å². The lowest BCUT2D eigenvalue weighted by molar-refractivity contribution is -0.139. The summed E-state index contributed by atoms with van der Waals surface area (Å²) in [5.74, 6) is -1.52. The quantitative estimate of drug-likeness (QED) is 0.466. The van der Waals surface area contributed by atoms with Crippen LogP contribution in [0.4, 0.5) is 0 Å². The number of ketones is 1. The van der Waals surface area contributed by atoms with E-state index in [4.69, 9.17) is 5.11 Å². The molecule has 1 N–H and O–H groups in total. The molecule has 0 aliphatic rings. The predicted molar refractivity (Wildman–Crippen MR) is 61.9 cm³/mol. The van der Waals surface area contributed by atoms with E-state index in [-0.39, 0.29) is 0 Å². The van der Waals surface area contributed by atoms with Crippen LogP contribution in [0.25, 0.3) is 6.08 Å². The molecule has 0 aliphatic carbocycles. The number of carboxylic acids is 1. The van der Waals surface area contributed by atoms with Gasteiger partial charge in [0, 0.05) is 0 Å². The third-order valence-corrected chi connectivity index (χ3v) is 1.81. The minimum atomic E-state index is -1.11. The van der Waals surface area contributed by atoms with Gasteiger partial charge in [-0.3, -0.25) is 9.59 Å². The van der Waals surface area contributed by atoms with E-state index in [1.807, 2.05) is 36.4 Å². The molecule has 1 aromatic rings. The molecular weight excluding hydrogens is 204 g/mol. The zero-order chi connectivity index (χ0) is 11.8.